The lowest BCUT2D eigenvalue weighted by Crippen LogP contribution is -2.63. The van der Waals surface area contributed by atoms with Gasteiger partial charge in [0.2, 0.25) is 11.9 Å². The van der Waals surface area contributed by atoms with Crippen LogP contribution in [0.2, 0.25) is 0 Å². The van der Waals surface area contributed by atoms with Gasteiger partial charge < -0.3 is 19.9 Å². The zero-order valence-electron chi connectivity index (χ0n) is 21.9. The van der Waals surface area contributed by atoms with Crippen molar-refractivity contribution in [1.82, 2.24) is 20.4 Å². The number of aliphatic carboxylic acids is 1. The van der Waals surface area contributed by atoms with E-state index in [0.29, 0.717) is 0 Å². The first kappa shape index (κ1) is 29.6. The van der Waals surface area contributed by atoms with E-state index in [1.165, 1.54) is 12.4 Å². The van der Waals surface area contributed by atoms with Crippen LogP contribution in [0.1, 0.15) is 75.2 Å². The Labute approximate surface area is 205 Å². The van der Waals surface area contributed by atoms with Gasteiger partial charge in [0.25, 0.3) is 0 Å². The van der Waals surface area contributed by atoms with Crippen molar-refractivity contribution in [1.29, 1.82) is 0 Å². The summed E-state index contributed by atoms with van der Waals surface area (Å²) in [5.41, 5.74) is -4.48. The number of carboxylic acids is 1. The van der Waals surface area contributed by atoms with E-state index < -0.39 is 46.2 Å². The molecule has 12 nitrogen and oxygen atoms in total. The standard InChI is InChI=1S/C23H37N5O7/c1-20(2,3)23(16(30)31,27-19(33)35-22(7,8)9)12-11-15(29)25-17(28-14-10-13-24-28)26-18(32)34-21(4,5)6/h10,13-14H,11-12H2,1-9H3,(H,27,33)(H,30,31)(H,25,26,29,32)/t23-/m0/s1. The SMILES string of the molecule is CC(C)(C)OC(=O)N=C(NC(=O)CC[C@](NC(=O)OC(C)(C)C)(C(=O)O)C(C)(C)C)n1cccn1. The normalized spacial score (nSPS) is 14.5. The highest BCUT2D eigenvalue weighted by Gasteiger charge is 2.50. The van der Waals surface area contributed by atoms with Gasteiger partial charge in [-0.15, -0.1) is 4.99 Å². The number of ether oxygens (including phenoxy) is 2. The Morgan fingerprint density at radius 1 is 0.971 bits per heavy atom. The molecule has 0 bridgehead atoms. The molecule has 35 heavy (non-hydrogen) atoms. The minimum Gasteiger partial charge on any atom is -0.479 e. The van der Waals surface area contributed by atoms with Crippen LogP contribution in [0, 0.1) is 5.41 Å². The molecular formula is C23H37N5O7. The number of carbonyl (C=O) groups is 4. The zero-order valence-corrected chi connectivity index (χ0v) is 21.9. The van der Waals surface area contributed by atoms with Crippen molar-refractivity contribution in [2.24, 2.45) is 10.4 Å². The molecule has 1 aromatic heterocycles. The molecule has 0 aromatic carbocycles. The van der Waals surface area contributed by atoms with E-state index in [2.05, 4.69) is 20.7 Å². The minimum atomic E-state index is -1.83. The van der Waals surface area contributed by atoms with Crippen LogP contribution in [0.5, 0.6) is 0 Å². The molecule has 0 unspecified atom stereocenters. The molecule has 196 valence electrons. The number of aliphatic imine (C=N–C) groups is 1. The fourth-order valence-electron chi connectivity index (χ4n) is 2.97. The number of hydrogen-bond donors (Lipinski definition) is 3. The van der Waals surface area contributed by atoms with Gasteiger partial charge in [0, 0.05) is 18.8 Å². The Hall–Kier alpha value is -3.44. The van der Waals surface area contributed by atoms with Crippen molar-refractivity contribution in [2.75, 3.05) is 0 Å². The summed E-state index contributed by atoms with van der Waals surface area (Å²) < 4.78 is 11.6. The summed E-state index contributed by atoms with van der Waals surface area (Å²) in [6.07, 6.45) is 0.438. The summed E-state index contributed by atoms with van der Waals surface area (Å²) in [5, 5.41) is 19.0. The smallest absolute Gasteiger partial charge is 0.437 e. The molecule has 0 aliphatic rings. The predicted octanol–water partition coefficient (Wildman–Crippen LogP) is 3.31. The minimum absolute atomic E-state index is 0.217. The molecule has 3 N–H and O–H groups in total. The predicted molar refractivity (Wildman–Crippen MR) is 128 cm³/mol. The summed E-state index contributed by atoms with van der Waals surface area (Å²) in [4.78, 5) is 53.6. The van der Waals surface area contributed by atoms with Crippen LogP contribution in [0.4, 0.5) is 9.59 Å². The Bertz CT molecular complexity index is 950. The lowest BCUT2D eigenvalue weighted by molar-refractivity contribution is -0.150. The average molecular weight is 496 g/mol. The number of aromatic nitrogens is 2. The molecule has 1 rings (SSSR count). The summed E-state index contributed by atoms with van der Waals surface area (Å²) in [6, 6.07) is 1.57. The van der Waals surface area contributed by atoms with Gasteiger partial charge in [0.15, 0.2) is 0 Å². The van der Waals surface area contributed by atoms with Crippen LogP contribution in [0.25, 0.3) is 0 Å². The largest absolute Gasteiger partial charge is 0.479 e. The maximum absolute atomic E-state index is 12.8. The lowest BCUT2D eigenvalue weighted by Gasteiger charge is -2.41. The second-order valence-corrected chi connectivity index (χ2v) is 11.0. The van der Waals surface area contributed by atoms with Crippen LogP contribution >= 0.6 is 0 Å². The van der Waals surface area contributed by atoms with Crippen molar-refractivity contribution in [3.63, 3.8) is 0 Å². The molecule has 12 heteroatoms. The van der Waals surface area contributed by atoms with Gasteiger partial charge in [-0.3, -0.25) is 10.1 Å². The monoisotopic (exact) mass is 495 g/mol. The molecule has 0 radical (unpaired) electrons. The molecular weight excluding hydrogens is 458 g/mol. The highest BCUT2D eigenvalue weighted by molar-refractivity contribution is 6.01. The van der Waals surface area contributed by atoms with Gasteiger partial charge in [-0.2, -0.15) is 5.10 Å². The molecule has 0 spiro atoms. The van der Waals surface area contributed by atoms with Crippen LogP contribution in [-0.4, -0.2) is 61.7 Å². The van der Waals surface area contributed by atoms with Crippen LogP contribution in [0.3, 0.4) is 0 Å². The van der Waals surface area contributed by atoms with E-state index in [9.17, 15) is 24.3 Å². The number of alkyl carbamates (subject to hydrolysis) is 1. The molecule has 0 fully saturated rings. The van der Waals surface area contributed by atoms with E-state index in [4.69, 9.17) is 9.47 Å². The number of carboxylic acid groups (broad SMARTS) is 1. The van der Waals surface area contributed by atoms with Crippen LogP contribution in [-0.2, 0) is 19.1 Å². The molecule has 0 saturated heterocycles. The Morgan fingerprint density at radius 2 is 1.54 bits per heavy atom. The second kappa shape index (κ2) is 10.9. The van der Waals surface area contributed by atoms with Crippen molar-refractivity contribution < 1.29 is 33.8 Å². The van der Waals surface area contributed by atoms with Crippen LogP contribution in [0.15, 0.2) is 23.5 Å². The van der Waals surface area contributed by atoms with Crippen molar-refractivity contribution in [3.8, 4) is 0 Å². The molecule has 0 aliphatic carbocycles. The highest BCUT2D eigenvalue weighted by Crippen LogP contribution is 2.35. The van der Waals surface area contributed by atoms with Crippen LogP contribution < -0.4 is 10.6 Å². The first-order chi connectivity index (χ1) is 15.8. The third kappa shape index (κ3) is 9.38. The summed E-state index contributed by atoms with van der Waals surface area (Å²) in [5.74, 6) is -2.19. The van der Waals surface area contributed by atoms with Gasteiger partial charge in [0.1, 0.15) is 16.7 Å². The van der Waals surface area contributed by atoms with Crippen molar-refractivity contribution >= 4 is 30.0 Å². The molecule has 0 aliphatic heterocycles. The molecule has 1 heterocycles. The maximum Gasteiger partial charge on any atom is 0.437 e. The van der Waals surface area contributed by atoms with E-state index in [1.54, 1.807) is 68.4 Å². The third-order valence-electron chi connectivity index (χ3n) is 4.65. The summed E-state index contributed by atoms with van der Waals surface area (Å²) in [6.45, 7) is 14.9. The fraction of sp³-hybridized carbons (Fsp3) is 0.652. The van der Waals surface area contributed by atoms with E-state index >= 15 is 0 Å². The lowest BCUT2D eigenvalue weighted by atomic mass is 9.70. The van der Waals surface area contributed by atoms with Crippen molar-refractivity contribution in [2.45, 2.75) is 91.9 Å². The fourth-order valence-corrected chi connectivity index (χ4v) is 2.97. The highest BCUT2D eigenvalue weighted by atomic mass is 16.6. The molecule has 0 saturated carbocycles. The molecule has 1 aromatic rings. The number of hydrogen-bond acceptors (Lipinski definition) is 7. The number of rotatable bonds is 5. The zero-order chi connectivity index (χ0) is 27.2. The summed E-state index contributed by atoms with van der Waals surface area (Å²) in [7, 11) is 0. The average Bonchev–Trinajstić information content (AvgIpc) is 3.14. The first-order valence-corrected chi connectivity index (χ1v) is 11.1. The number of nitrogens with zero attached hydrogens (tertiary/aromatic N) is 3. The van der Waals surface area contributed by atoms with Gasteiger partial charge >= 0.3 is 18.2 Å². The van der Waals surface area contributed by atoms with E-state index in [0.717, 1.165) is 4.68 Å². The summed E-state index contributed by atoms with van der Waals surface area (Å²) >= 11 is 0. The maximum atomic E-state index is 12.8. The topological polar surface area (TPSA) is 161 Å². The number of carbonyl (C=O) groups excluding carboxylic acids is 3. The van der Waals surface area contributed by atoms with Gasteiger partial charge in [-0.05, 0) is 59.4 Å². The first-order valence-electron chi connectivity index (χ1n) is 11.1. The van der Waals surface area contributed by atoms with E-state index in [-0.39, 0.29) is 18.8 Å². The number of amides is 3. The van der Waals surface area contributed by atoms with Gasteiger partial charge in [-0.1, -0.05) is 20.8 Å². The van der Waals surface area contributed by atoms with E-state index in [1.807, 2.05) is 0 Å². The Kier molecular flexibility index (Phi) is 9.19. The van der Waals surface area contributed by atoms with Crippen molar-refractivity contribution in [3.05, 3.63) is 18.5 Å². The third-order valence-corrected chi connectivity index (χ3v) is 4.65. The second-order valence-electron chi connectivity index (χ2n) is 11.0. The Balaban J connectivity index is 3.13. The molecule has 1 atom stereocenters. The number of nitrogens with one attached hydrogen (secondary N) is 2. The van der Waals surface area contributed by atoms with Gasteiger partial charge in [-0.25, -0.2) is 19.1 Å². The quantitative estimate of drug-likeness (QED) is 0.414. The van der Waals surface area contributed by atoms with Gasteiger partial charge in [0.05, 0.1) is 0 Å². The Morgan fingerprint density at radius 3 is 1.97 bits per heavy atom. The molecule has 3 amide bonds.